The summed E-state index contributed by atoms with van der Waals surface area (Å²) in [7, 11) is 0. The number of hydrogen-bond acceptors (Lipinski definition) is 2. The minimum absolute atomic E-state index is 0.245. The van der Waals surface area contributed by atoms with Crippen LogP contribution >= 0.6 is 0 Å². The number of benzene rings is 1. The Balaban J connectivity index is 2.77. The van der Waals surface area contributed by atoms with Crippen molar-refractivity contribution in [2.75, 3.05) is 6.54 Å². The molecule has 0 aliphatic carbocycles. The number of hydrogen-bond donors (Lipinski definition) is 1. The zero-order valence-corrected chi connectivity index (χ0v) is 7.55. The first-order valence-corrected chi connectivity index (χ1v) is 4.40. The van der Waals surface area contributed by atoms with E-state index in [9.17, 15) is 4.39 Å². The number of fused-ring (bicyclic) bond motifs is 1. The summed E-state index contributed by atoms with van der Waals surface area (Å²) in [5.41, 5.74) is 0.949. The van der Waals surface area contributed by atoms with E-state index < -0.39 is 0 Å². The second-order valence-corrected chi connectivity index (χ2v) is 3.16. The molecule has 0 spiro atoms. The second-order valence-electron chi connectivity index (χ2n) is 3.16. The van der Waals surface area contributed by atoms with Gasteiger partial charge in [-0.2, -0.15) is 5.26 Å². The molecule has 1 aromatic rings. The van der Waals surface area contributed by atoms with Gasteiger partial charge in [0.1, 0.15) is 5.82 Å². The van der Waals surface area contributed by atoms with Crippen LogP contribution in [0, 0.1) is 17.1 Å². The van der Waals surface area contributed by atoms with Crippen molar-refractivity contribution in [3.05, 3.63) is 34.5 Å². The van der Waals surface area contributed by atoms with E-state index in [1.54, 1.807) is 12.3 Å². The first-order valence-electron chi connectivity index (χ1n) is 4.40. The van der Waals surface area contributed by atoms with Crippen LogP contribution < -0.4 is 15.8 Å². The monoisotopic (exact) mass is 188 g/mol. The van der Waals surface area contributed by atoms with E-state index in [-0.39, 0.29) is 5.82 Å². The molecule has 0 radical (unpaired) electrons. The van der Waals surface area contributed by atoms with E-state index in [4.69, 9.17) is 5.26 Å². The van der Waals surface area contributed by atoms with Crippen LogP contribution in [0.4, 0.5) is 4.39 Å². The predicted molar refractivity (Wildman–Crippen MR) is 51.8 cm³/mol. The Hall–Kier alpha value is -1.82. The minimum atomic E-state index is -0.245. The van der Waals surface area contributed by atoms with Gasteiger partial charge >= 0.3 is 0 Å². The number of halogens is 1. The molecule has 2 rings (SSSR count). The third-order valence-corrected chi connectivity index (χ3v) is 2.29. The molecule has 0 amide bonds. The molecule has 0 saturated heterocycles. The lowest BCUT2D eigenvalue weighted by Crippen LogP contribution is -2.38. The lowest BCUT2D eigenvalue weighted by Gasteiger charge is -2.10. The third kappa shape index (κ3) is 1.35. The first kappa shape index (κ1) is 8.76. The van der Waals surface area contributed by atoms with Gasteiger partial charge in [0.2, 0.25) is 0 Å². The largest absolute Gasteiger partial charge is 0.386 e. The van der Waals surface area contributed by atoms with Crippen molar-refractivity contribution in [3.8, 4) is 6.07 Å². The number of rotatable bonds is 1. The second kappa shape index (κ2) is 3.51. The van der Waals surface area contributed by atoms with Gasteiger partial charge < -0.3 is 5.32 Å². The maximum absolute atomic E-state index is 13.3. The first-order chi connectivity index (χ1) is 6.83. The van der Waals surface area contributed by atoms with Crippen LogP contribution in [0.25, 0.3) is 11.8 Å². The molecule has 1 aromatic carbocycles. The molecule has 2 nitrogen and oxygen atoms in total. The summed E-state index contributed by atoms with van der Waals surface area (Å²) in [6.45, 7) is 0.629. The summed E-state index contributed by atoms with van der Waals surface area (Å²) in [5, 5.41) is 13.0. The fraction of sp³-hybridized carbons (Fsp3) is 0.182. The summed E-state index contributed by atoms with van der Waals surface area (Å²) in [6, 6.07) is 7.03. The van der Waals surface area contributed by atoms with Crippen molar-refractivity contribution in [2.45, 2.75) is 6.42 Å². The molecule has 14 heavy (non-hydrogen) atoms. The van der Waals surface area contributed by atoms with E-state index in [1.807, 2.05) is 6.07 Å². The average molecular weight is 188 g/mol. The molecule has 0 bridgehead atoms. The third-order valence-electron chi connectivity index (χ3n) is 2.29. The van der Waals surface area contributed by atoms with Crippen molar-refractivity contribution >= 4 is 11.8 Å². The van der Waals surface area contributed by atoms with Gasteiger partial charge in [-0.05, 0) is 16.9 Å². The van der Waals surface area contributed by atoms with Crippen LogP contribution in [0.2, 0.25) is 0 Å². The van der Waals surface area contributed by atoms with E-state index >= 15 is 0 Å². The van der Waals surface area contributed by atoms with Crippen molar-refractivity contribution < 1.29 is 4.39 Å². The number of nitrogens with zero attached hydrogens (tertiary/aromatic N) is 1. The molecule has 3 heteroatoms. The lowest BCUT2D eigenvalue weighted by atomic mass is 10.1. The van der Waals surface area contributed by atoms with Gasteiger partial charge in [0.15, 0.2) is 0 Å². The van der Waals surface area contributed by atoms with Gasteiger partial charge in [-0.25, -0.2) is 4.39 Å². The van der Waals surface area contributed by atoms with Gasteiger partial charge in [-0.15, -0.1) is 0 Å². The molecular formula is C11H9FN2. The smallest absolute Gasteiger partial charge is 0.132 e. The van der Waals surface area contributed by atoms with E-state index in [0.717, 1.165) is 10.8 Å². The normalized spacial score (nSPS) is 13.6. The maximum Gasteiger partial charge on any atom is 0.132 e. The van der Waals surface area contributed by atoms with Gasteiger partial charge in [-0.3, -0.25) is 0 Å². The van der Waals surface area contributed by atoms with E-state index in [2.05, 4.69) is 11.4 Å². The van der Waals surface area contributed by atoms with Crippen molar-refractivity contribution in [1.82, 2.24) is 5.32 Å². The quantitative estimate of drug-likeness (QED) is 0.685. The zero-order valence-electron chi connectivity index (χ0n) is 7.55. The fourth-order valence-corrected chi connectivity index (χ4v) is 1.62. The molecule has 1 N–H and O–H groups in total. The Morgan fingerprint density at radius 2 is 2.36 bits per heavy atom. The highest BCUT2D eigenvalue weighted by Crippen LogP contribution is 1.99. The lowest BCUT2D eigenvalue weighted by molar-refractivity contribution is 0.615. The standard InChI is InChI=1S/C11H9FN2/c12-11-3-1-2-9-8(4-5-13)6-14-7-10(9)11/h1-3,7,14H,4,6H2. The molecule has 0 unspecified atom stereocenters. The van der Waals surface area contributed by atoms with Crippen LogP contribution in [-0.4, -0.2) is 6.54 Å². The average Bonchev–Trinajstić information content (AvgIpc) is 2.20. The molecule has 1 aliphatic heterocycles. The Bertz CT molecular complexity index is 511. The van der Waals surface area contributed by atoms with Gasteiger partial charge in [0.05, 0.1) is 12.5 Å². The molecule has 1 heterocycles. The highest BCUT2D eigenvalue weighted by atomic mass is 19.1. The highest BCUT2D eigenvalue weighted by Gasteiger charge is 2.05. The molecule has 0 aromatic heterocycles. The summed E-state index contributed by atoms with van der Waals surface area (Å²) in [6.07, 6.45) is 2.00. The van der Waals surface area contributed by atoms with Crippen LogP contribution in [0.1, 0.15) is 6.42 Å². The van der Waals surface area contributed by atoms with Crippen molar-refractivity contribution in [3.63, 3.8) is 0 Å². The maximum atomic E-state index is 13.3. The minimum Gasteiger partial charge on any atom is -0.386 e. The van der Waals surface area contributed by atoms with E-state index in [1.165, 1.54) is 6.07 Å². The Morgan fingerprint density at radius 3 is 3.14 bits per heavy atom. The van der Waals surface area contributed by atoms with Gasteiger partial charge in [-0.1, -0.05) is 12.1 Å². The molecule has 1 aliphatic rings. The fourth-order valence-electron chi connectivity index (χ4n) is 1.62. The van der Waals surface area contributed by atoms with Crippen LogP contribution in [0.3, 0.4) is 0 Å². The molecule has 0 atom stereocenters. The van der Waals surface area contributed by atoms with Crippen molar-refractivity contribution in [2.24, 2.45) is 0 Å². The van der Waals surface area contributed by atoms with Gasteiger partial charge in [0, 0.05) is 18.0 Å². The summed E-state index contributed by atoms with van der Waals surface area (Å²) < 4.78 is 13.3. The summed E-state index contributed by atoms with van der Waals surface area (Å²) >= 11 is 0. The zero-order chi connectivity index (χ0) is 9.97. The van der Waals surface area contributed by atoms with Crippen LogP contribution in [-0.2, 0) is 0 Å². The predicted octanol–water partition coefficient (Wildman–Crippen LogP) is 0.231. The molecule has 70 valence electrons. The molecule has 0 fully saturated rings. The SMILES string of the molecule is N#CCC1=c2cccc(F)c2=CNC1. The highest BCUT2D eigenvalue weighted by molar-refractivity contribution is 5.54. The summed E-state index contributed by atoms with van der Waals surface area (Å²) in [4.78, 5) is 0. The van der Waals surface area contributed by atoms with Crippen molar-refractivity contribution in [1.29, 1.82) is 5.26 Å². The molecular weight excluding hydrogens is 179 g/mol. The summed E-state index contributed by atoms with van der Waals surface area (Å²) in [5.74, 6) is -0.245. The van der Waals surface area contributed by atoms with Gasteiger partial charge in [0.25, 0.3) is 0 Å². The Kier molecular flexibility index (Phi) is 2.19. The topological polar surface area (TPSA) is 35.8 Å². The van der Waals surface area contributed by atoms with Crippen LogP contribution in [0.15, 0.2) is 18.2 Å². The number of nitrogens with one attached hydrogen (secondary N) is 1. The Morgan fingerprint density at radius 1 is 1.50 bits per heavy atom. The Labute approximate surface area is 81.0 Å². The number of nitriles is 1. The van der Waals surface area contributed by atoms with E-state index in [0.29, 0.717) is 18.2 Å². The molecule has 0 saturated carbocycles. The van der Waals surface area contributed by atoms with Crippen LogP contribution in [0.5, 0.6) is 0 Å².